The van der Waals surface area contributed by atoms with Gasteiger partial charge in [0.15, 0.2) is 0 Å². The third kappa shape index (κ3) is 3.58. The highest BCUT2D eigenvalue weighted by molar-refractivity contribution is 5.85. The highest BCUT2D eigenvalue weighted by Gasteiger charge is 1.99. The normalized spacial score (nSPS) is 11.3. The first-order valence-corrected chi connectivity index (χ1v) is 6.94. The minimum Gasteiger partial charge on any atom is -0.313 e. The molecular weight excluding hydrogens is 218 g/mol. The summed E-state index contributed by atoms with van der Waals surface area (Å²) in [7, 11) is 0. The van der Waals surface area contributed by atoms with Crippen LogP contribution >= 0.6 is 0 Å². The SMILES string of the molecule is CC(C)CCCNCc1cccc2ccccc12. The van der Waals surface area contributed by atoms with Crippen molar-refractivity contribution in [2.45, 2.75) is 33.2 Å². The van der Waals surface area contributed by atoms with Gasteiger partial charge in [-0.05, 0) is 41.6 Å². The van der Waals surface area contributed by atoms with Crippen LogP contribution in [-0.4, -0.2) is 6.54 Å². The molecule has 0 spiro atoms. The molecule has 0 amide bonds. The summed E-state index contributed by atoms with van der Waals surface area (Å²) in [6, 6.07) is 15.1. The van der Waals surface area contributed by atoms with E-state index in [4.69, 9.17) is 0 Å². The maximum Gasteiger partial charge on any atom is 0.0211 e. The predicted molar refractivity (Wildman–Crippen MR) is 79.7 cm³/mol. The van der Waals surface area contributed by atoms with Crippen molar-refractivity contribution in [3.8, 4) is 0 Å². The molecule has 0 aromatic heterocycles. The molecule has 0 aliphatic rings. The lowest BCUT2D eigenvalue weighted by Crippen LogP contribution is -2.15. The first-order chi connectivity index (χ1) is 8.77. The fraction of sp³-hybridized carbons (Fsp3) is 0.412. The molecule has 2 aromatic carbocycles. The Bertz CT molecular complexity index is 482. The number of fused-ring (bicyclic) bond motifs is 1. The van der Waals surface area contributed by atoms with Gasteiger partial charge >= 0.3 is 0 Å². The molecule has 18 heavy (non-hydrogen) atoms. The summed E-state index contributed by atoms with van der Waals surface area (Å²) in [5, 5.41) is 6.25. The molecule has 1 nitrogen and oxygen atoms in total. The van der Waals surface area contributed by atoms with E-state index in [-0.39, 0.29) is 0 Å². The second-order valence-electron chi connectivity index (χ2n) is 5.35. The maximum atomic E-state index is 3.55. The van der Waals surface area contributed by atoms with Crippen LogP contribution in [0.5, 0.6) is 0 Å². The van der Waals surface area contributed by atoms with Crippen molar-refractivity contribution in [1.82, 2.24) is 5.32 Å². The lowest BCUT2D eigenvalue weighted by Gasteiger charge is -2.09. The number of hydrogen-bond acceptors (Lipinski definition) is 1. The standard InChI is InChI=1S/C17H23N/c1-14(2)7-6-12-18-13-16-10-5-9-15-8-3-4-11-17(15)16/h3-5,8-11,14,18H,6-7,12-13H2,1-2H3. The van der Waals surface area contributed by atoms with Crippen LogP contribution < -0.4 is 5.32 Å². The van der Waals surface area contributed by atoms with E-state index in [0.29, 0.717) is 0 Å². The van der Waals surface area contributed by atoms with E-state index in [1.807, 2.05) is 0 Å². The predicted octanol–water partition coefficient (Wildman–Crippen LogP) is 4.37. The van der Waals surface area contributed by atoms with Gasteiger partial charge in [0.1, 0.15) is 0 Å². The third-order valence-corrected chi connectivity index (χ3v) is 3.33. The zero-order valence-corrected chi connectivity index (χ0v) is 11.4. The largest absolute Gasteiger partial charge is 0.313 e. The summed E-state index contributed by atoms with van der Waals surface area (Å²) in [5.41, 5.74) is 1.40. The highest BCUT2D eigenvalue weighted by Crippen LogP contribution is 2.18. The topological polar surface area (TPSA) is 12.0 Å². The number of hydrogen-bond donors (Lipinski definition) is 1. The average Bonchev–Trinajstić information content (AvgIpc) is 2.38. The summed E-state index contributed by atoms with van der Waals surface area (Å²) in [6.07, 6.45) is 2.57. The lowest BCUT2D eigenvalue weighted by molar-refractivity contribution is 0.528. The Morgan fingerprint density at radius 1 is 1.00 bits per heavy atom. The van der Waals surface area contributed by atoms with Crippen LogP contribution in [0.25, 0.3) is 10.8 Å². The van der Waals surface area contributed by atoms with Crippen molar-refractivity contribution < 1.29 is 0 Å². The molecule has 0 aliphatic heterocycles. The zero-order valence-electron chi connectivity index (χ0n) is 11.4. The third-order valence-electron chi connectivity index (χ3n) is 3.33. The van der Waals surface area contributed by atoms with Crippen molar-refractivity contribution in [2.75, 3.05) is 6.54 Å². The zero-order chi connectivity index (χ0) is 12.8. The smallest absolute Gasteiger partial charge is 0.0211 e. The van der Waals surface area contributed by atoms with E-state index in [2.05, 4.69) is 61.6 Å². The molecule has 96 valence electrons. The molecule has 2 rings (SSSR count). The summed E-state index contributed by atoms with van der Waals surface area (Å²) < 4.78 is 0. The Kier molecular flexibility index (Phi) is 4.77. The van der Waals surface area contributed by atoms with E-state index in [9.17, 15) is 0 Å². The van der Waals surface area contributed by atoms with Gasteiger partial charge in [0.2, 0.25) is 0 Å². The molecular formula is C17H23N. The van der Waals surface area contributed by atoms with Gasteiger partial charge in [-0.3, -0.25) is 0 Å². The Labute approximate surface area is 110 Å². The summed E-state index contributed by atoms with van der Waals surface area (Å²) >= 11 is 0. The molecule has 0 atom stereocenters. The second kappa shape index (κ2) is 6.55. The fourth-order valence-electron chi connectivity index (χ4n) is 2.31. The van der Waals surface area contributed by atoms with Crippen molar-refractivity contribution in [1.29, 1.82) is 0 Å². The molecule has 1 N–H and O–H groups in total. The van der Waals surface area contributed by atoms with E-state index < -0.39 is 0 Å². The molecule has 2 aromatic rings. The Balaban J connectivity index is 1.91. The van der Waals surface area contributed by atoms with Crippen molar-refractivity contribution in [2.24, 2.45) is 5.92 Å². The van der Waals surface area contributed by atoms with Crippen LogP contribution in [0.4, 0.5) is 0 Å². The van der Waals surface area contributed by atoms with Crippen LogP contribution in [0.3, 0.4) is 0 Å². The van der Waals surface area contributed by atoms with E-state index in [1.54, 1.807) is 0 Å². The average molecular weight is 241 g/mol. The van der Waals surface area contributed by atoms with Gasteiger partial charge in [0, 0.05) is 6.54 Å². The Morgan fingerprint density at radius 2 is 1.78 bits per heavy atom. The van der Waals surface area contributed by atoms with Gasteiger partial charge in [-0.2, -0.15) is 0 Å². The minimum absolute atomic E-state index is 0.810. The van der Waals surface area contributed by atoms with Crippen molar-refractivity contribution >= 4 is 10.8 Å². The first kappa shape index (κ1) is 13.1. The van der Waals surface area contributed by atoms with Gasteiger partial charge in [-0.15, -0.1) is 0 Å². The van der Waals surface area contributed by atoms with Gasteiger partial charge in [-0.25, -0.2) is 0 Å². The van der Waals surface area contributed by atoms with Crippen LogP contribution in [0, 0.1) is 5.92 Å². The van der Waals surface area contributed by atoms with Crippen molar-refractivity contribution in [3.63, 3.8) is 0 Å². The van der Waals surface area contributed by atoms with Gasteiger partial charge < -0.3 is 5.32 Å². The maximum absolute atomic E-state index is 3.55. The molecule has 0 saturated heterocycles. The summed E-state index contributed by atoms with van der Waals surface area (Å²) in [5.74, 6) is 0.810. The molecule has 0 aliphatic carbocycles. The van der Waals surface area contributed by atoms with Gasteiger partial charge in [-0.1, -0.05) is 56.3 Å². The number of rotatable bonds is 6. The van der Waals surface area contributed by atoms with Crippen LogP contribution in [0.1, 0.15) is 32.3 Å². The Morgan fingerprint density at radius 3 is 2.61 bits per heavy atom. The second-order valence-corrected chi connectivity index (χ2v) is 5.35. The molecule has 0 fully saturated rings. The first-order valence-electron chi connectivity index (χ1n) is 6.94. The minimum atomic E-state index is 0.810. The summed E-state index contributed by atoms with van der Waals surface area (Å²) in [4.78, 5) is 0. The molecule has 0 radical (unpaired) electrons. The Hall–Kier alpha value is -1.34. The van der Waals surface area contributed by atoms with E-state index >= 15 is 0 Å². The molecule has 0 heterocycles. The number of benzene rings is 2. The lowest BCUT2D eigenvalue weighted by atomic mass is 10.0. The number of nitrogens with one attached hydrogen (secondary N) is 1. The van der Waals surface area contributed by atoms with Crippen LogP contribution in [0.2, 0.25) is 0 Å². The van der Waals surface area contributed by atoms with Crippen LogP contribution in [0.15, 0.2) is 42.5 Å². The van der Waals surface area contributed by atoms with E-state index in [0.717, 1.165) is 19.0 Å². The van der Waals surface area contributed by atoms with Gasteiger partial charge in [0.05, 0.1) is 0 Å². The summed E-state index contributed by atoms with van der Waals surface area (Å²) in [6.45, 7) is 6.65. The molecule has 0 unspecified atom stereocenters. The van der Waals surface area contributed by atoms with Gasteiger partial charge in [0.25, 0.3) is 0 Å². The van der Waals surface area contributed by atoms with Crippen LogP contribution in [-0.2, 0) is 6.54 Å². The molecule has 0 saturated carbocycles. The fourth-order valence-corrected chi connectivity index (χ4v) is 2.31. The highest BCUT2D eigenvalue weighted by atomic mass is 14.8. The van der Waals surface area contributed by atoms with Crippen molar-refractivity contribution in [3.05, 3.63) is 48.0 Å². The quantitative estimate of drug-likeness (QED) is 0.741. The monoisotopic (exact) mass is 241 g/mol. The van der Waals surface area contributed by atoms with E-state index in [1.165, 1.54) is 29.2 Å². The molecule has 1 heteroatoms. The molecule has 0 bridgehead atoms.